The number of ether oxygens (including phenoxy) is 4. The second-order valence-corrected chi connectivity index (χ2v) is 7.60. The van der Waals surface area contributed by atoms with E-state index in [9.17, 15) is 14.4 Å². The summed E-state index contributed by atoms with van der Waals surface area (Å²) in [4.78, 5) is 46.2. The number of fused-ring (bicyclic) bond motifs is 1. The highest BCUT2D eigenvalue weighted by Crippen LogP contribution is 2.39. The van der Waals surface area contributed by atoms with E-state index in [1.54, 1.807) is 4.57 Å². The van der Waals surface area contributed by atoms with E-state index in [0.717, 1.165) is 0 Å². The Labute approximate surface area is 179 Å². The van der Waals surface area contributed by atoms with E-state index in [-0.39, 0.29) is 12.4 Å². The second kappa shape index (κ2) is 8.92. The van der Waals surface area contributed by atoms with Gasteiger partial charge in [0.2, 0.25) is 0 Å². The third-order valence-electron chi connectivity index (χ3n) is 4.30. The summed E-state index contributed by atoms with van der Waals surface area (Å²) in [5, 5.41) is 0. The summed E-state index contributed by atoms with van der Waals surface area (Å²) in [5.41, 5.74) is 6.57. The van der Waals surface area contributed by atoms with Crippen LogP contribution in [0.3, 0.4) is 0 Å². The monoisotopic (exact) mass is 485 g/mol. The molecule has 2 aromatic heterocycles. The normalized spacial score (nSPS) is 24.4. The van der Waals surface area contributed by atoms with Gasteiger partial charge >= 0.3 is 17.9 Å². The van der Waals surface area contributed by atoms with Crippen LogP contribution in [0.1, 0.15) is 27.0 Å². The van der Waals surface area contributed by atoms with Crippen LogP contribution in [0.15, 0.2) is 12.7 Å². The average Bonchev–Trinajstić information content (AvgIpc) is 3.21. The van der Waals surface area contributed by atoms with E-state index in [1.165, 1.54) is 33.4 Å². The zero-order valence-corrected chi connectivity index (χ0v) is 17.9. The van der Waals surface area contributed by atoms with Gasteiger partial charge < -0.3 is 24.7 Å². The molecule has 1 fully saturated rings. The van der Waals surface area contributed by atoms with Crippen molar-refractivity contribution in [2.45, 2.75) is 50.1 Å². The van der Waals surface area contributed by atoms with Crippen LogP contribution in [0.25, 0.3) is 11.2 Å². The Morgan fingerprint density at radius 2 is 1.93 bits per heavy atom. The van der Waals surface area contributed by atoms with E-state index < -0.39 is 47.3 Å². The molecule has 30 heavy (non-hydrogen) atoms. The first kappa shape index (κ1) is 21.9. The Kier molecular flexibility index (Phi) is 6.51. The topological polar surface area (TPSA) is 158 Å². The molecular formula is C17H20BrN5O7. The van der Waals surface area contributed by atoms with Crippen LogP contribution in [-0.2, 0) is 33.3 Å². The number of nitrogens with two attached hydrogens (primary N) is 1. The van der Waals surface area contributed by atoms with Crippen molar-refractivity contribution in [3.63, 3.8) is 0 Å². The van der Waals surface area contributed by atoms with Gasteiger partial charge in [-0.15, -0.1) is 0 Å². The molecule has 0 aliphatic carbocycles. The van der Waals surface area contributed by atoms with Gasteiger partial charge in [-0.1, -0.05) is 15.9 Å². The van der Waals surface area contributed by atoms with E-state index in [2.05, 4.69) is 30.9 Å². The number of nitrogen functional groups attached to an aromatic ring is 1. The van der Waals surface area contributed by atoms with Gasteiger partial charge in [-0.05, 0) is 0 Å². The molecule has 13 heteroatoms. The molecule has 1 aliphatic heterocycles. The smallest absolute Gasteiger partial charge is 0.303 e. The van der Waals surface area contributed by atoms with Crippen molar-refractivity contribution in [2.24, 2.45) is 0 Å². The van der Waals surface area contributed by atoms with Crippen molar-refractivity contribution in [3.05, 3.63) is 12.7 Å². The molecule has 0 unspecified atom stereocenters. The Hall–Kier alpha value is -2.80. The van der Waals surface area contributed by atoms with Crippen LogP contribution in [0.5, 0.6) is 0 Å². The molecule has 0 bridgehead atoms. The molecule has 2 aromatic rings. The summed E-state index contributed by atoms with van der Waals surface area (Å²) < 4.78 is 23.4. The number of imidazole rings is 1. The van der Waals surface area contributed by atoms with E-state index >= 15 is 0 Å². The van der Waals surface area contributed by atoms with Gasteiger partial charge in [-0.3, -0.25) is 19.0 Å². The molecule has 2 N–H and O–H groups in total. The van der Waals surface area contributed by atoms with Crippen molar-refractivity contribution in [1.29, 1.82) is 0 Å². The molecule has 0 aromatic carbocycles. The number of alkyl halides is 1. The summed E-state index contributed by atoms with van der Waals surface area (Å²) in [7, 11) is 0. The van der Waals surface area contributed by atoms with E-state index in [0.29, 0.717) is 11.2 Å². The molecule has 1 saturated heterocycles. The number of carbonyl (C=O) groups is 3. The van der Waals surface area contributed by atoms with Crippen LogP contribution >= 0.6 is 15.9 Å². The molecule has 0 spiro atoms. The number of rotatable bonds is 6. The Balaban J connectivity index is 1.97. The van der Waals surface area contributed by atoms with Crippen LogP contribution in [0, 0.1) is 0 Å². The number of carbonyl (C=O) groups excluding carboxylic acids is 3. The minimum absolute atomic E-state index is 0.181. The van der Waals surface area contributed by atoms with Crippen LogP contribution in [0.2, 0.25) is 0 Å². The maximum absolute atomic E-state index is 11.7. The number of anilines is 1. The van der Waals surface area contributed by atoms with Gasteiger partial charge in [0.05, 0.1) is 11.2 Å². The largest absolute Gasteiger partial charge is 0.462 e. The third kappa shape index (κ3) is 4.51. The molecule has 5 atom stereocenters. The third-order valence-corrected chi connectivity index (χ3v) is 5.35. The summed E-state index contributed by atoms with van der Waals surface area (Å²) in [6.07, 6.45) is -0.773. The van der Waals surface area contributed by atoms with Crippen molar-refractivity contribution >= 4 is 50.8 Å². The van der Waals surface area contributed by atoms with Gasteiger partial charge in [0.25, 0.3) is 0 Å². The molecule has 3 rings (SSSR count). The van der Waals surface area contributed by atoms with Crippen molar-refractivity contribution in [1.82, 2.24) is 19.5 Å². The number of esters is 3. The fourth-order valence-corrected chi connectivity index (χ4v) is 3.99. The predicted molar refractivity (Wildman–Crippen MR) is 104 cm³/mol. The molecule has 0 amide bonds. The lowest BCUT2D eigenvalue weighted by molar-refractivity contribution is -0.168. The first-order valence-electron chi connectivity index (χ1n) is 8.89. The zero-order valence-electron chi connectivity index (χ0n) is 16.4. The molecule has 0 saturated carbocycles. The van der Waals surface area contributed by atoms with Crippen LogP contribution < -0.4 is 5.73 Å². The molecule has 0 radical (unpaired) electrons. The number of hydrogen-bond donors (Lipinski definition) is 1. The summed E-state index contributed by atoms with van der Waals surface area (Å²) in [5.74, 6) is -1.49. The van der Waals surface area contributed by atoms with Gasteiger partial charge in [-0.25, -0.2) is 15.0 Å². The van der Waals surface area contributed by atoms with Crippen LogP contribution in [0.4, 0.5) is 5.82 Å². The molecule has 1 aliphatic rings. The summed E-state index contributed by atoms with van der Waals surface area (Å²) in [6.45, 7) is 3.49. The first-order valence-corrected chi connectivity index (χ1v) is 9.81. The van der Waals surface area contributed by atoms with Crippen molar-refractivity contribution < 1.29 is 33.3 Å². The van der Waals surface area contributed by atoms with E-state index in [1.807, 2.05) is 0 Å². The second-order valence-electron chi connectivity index (χ2n) is 6.54. The highest BCUT2D eigenvalue weighted by Gasteiger charge is 2.51. The number of hydrogen-bond acceptors (Lipinski definition) is 11. The standard InChI is InChI=1S/C17H20BrN5O7/c1-7(24)27-4-10(28-8(2)25)13-11(18)14(29-9(3)26)17(30-13)23-6-22-12-15(19)20-5-21-16(12)23/h5-6,10-11,13-14,17H,4H2,1-3H3,(H2,19,20,21)/t10-,11+,13-,14-,17-/m1/s1. The molecule has 3 heterocycles. The number of aromatic nitrogens is 4. The molecule has 162 valence electrons. The fourth-order valence-electron chi connectivity index (χ4n) is 3.15. The lowest BCUT2D eigenvalue weighted by Gasteiger charge is -2.24. The van der Waals surface area contributed by atoms with Crippen molar-refractivity contribution in [2.75, 3.05) is 12.3 Å². The lowest BCUT2D eigenvalue weighted by atomic mass is 10.1. The van der Waals surface area contributed by atoms with Gasteiger partial charge in [-0.2, -0.15) is 0 Å². The van der Waals surface area contributed by atoms with Gasteiger partial charge in [0.1, 0.15) is 24.6 Å². The minimum Gasteiger partial charge on any atom is -0.462 e. The quantitative estimate of drug-likeness (QED) is 0.344. The van der Waals surface area contributed by atoms with Gasteiger partial charge in [0, 0.05) is 20.8 Å². The van der Waals surface area contributed by atoms with E-state index in [4.69, 9.17) is 24.7 Å². The summed E-state index contributed by atoms with van der Waals surface area (Å²) in [6, 6.07) is 0. The molecular weight excluding hydrogens is 466 g/mol. The fraction of sp³-hybridized carbons (Fsp3) is 0.529. The number of nitrogens with zero attached hydrogens (tertiary/aromatic N) is 4. The minimum atomic E-state index is -0.951. The van der Waals surface area contributed by atoms with Crippen molar-refractivity contribution in [3.8, 4) is 0 Å². The lowest BCUT2D eigenvalue weighted by Crippen LogP contribution is -2.41. The number of halogens is 1. The highest BCUT2D eigenvalue weighted by molar-refractivity contribution is 9.09. The highest BCUT2D eigenvalue weighted by atomic mass is 79.9. The first-order chi connectivity index (χ1) is 14.2. The predicted octanol–water partition coefficient (Wildman–Crippen LogP) is 0.496. The SMILES string of the molecule is CC(=O)OC[C@@H](OC(C)=O)[C@H]1O[C@@H](n2cnc3c(N)ncnc32)[C@H](OC(C)=O)[C@H]1Br. The summed E-state index contributed by atoms with van der Waals surface area (Å²) >= 11 is 3.48. The Bertz CT molecular complexity index is 967. The Morgan fingerprint density at radius 3 is 2.57 bits per heavy atom. The van der Waals surface area contributed by atoms with Gasteiger partial charge in [0.15, 0.2) is 29.9 Å². The Morgan fingerprint density at radius 1 is 1.20 bits per heavy atom. The zero-order chi connectivity index (χ0) is 22.0. The maximum Gasteiger partial charge on any atom is 0.303 e. The molecule has 12 nitrogen and oxygen atoms in total. The maximum atomic E-state index is 11.7. The van der Waals surface area contributed by atoms with Crippen LogP contribution in [-0.4, -0.2) is 67.2 Å². The average molecular weight is 486 g/mol.